The summed E-state index contributed by atoms with van der Waals surface area (Å²) in [5.74, 6) is 1.78. The van der Waals surface area contributed by atoms with Crippen LogP contribution < -0.4 is 10.6 Å². The molecule has 1 aromatic carbocycles. The molecular formula is C18H23N3. The third kappa shape index (κ3) is 2.75. The van der Waals surface area contributed by atoms with E-state index in [1.165, 1.54) is 55.4 Å². The summed E-state index contributed by atoms with van der Waals surface area (Å²) in [7, 11) is 0. The zero-order valence-corrected chi connectivity index (χ0v) is 12.5. The van der Waals surface area contributed by atoms with Gasteiger partial charge in [-0.15, -0.1) is 0 Å². The van der Waals surface area contributed by atoms with Gasteiger partial charge in [-0.3, -0.25) is 4.98 Å². The zero-order chi connectivity index (χ0) is 14.2. The van der Waals surface area contributed by atoms with Crippen LogP contribution in [0.3, 0.4) is 0 Å². The molecule has 2 aliphatic rings. The van der Waals surface area contributed by atoms with E-state index in [-0.39, 0.29) is 0 Å². The minimum Gasteiger partial charge on any atom is -0.370 e. The molecule has 2 saturated carbocycles. The third-order valence-corrected chi connectivity index (χ3v) is 4.71. The maximum absolute atomic E-state index is 6.01. The first-order valence-corrected chi connectivity index (χ1v) is 8.17. The van der Waals surface area contributed by atoms with Crippen LogP contribution in [0.5, 0.6) is 0 Å². The van der Waals surface area contributed by atoms with Gasteiger partial charge in [-0.2, -0.15) is 0 Å². The molecule has 0 unspecified atom stereocenters. The fourth-order valence-corrected chi connectivity index (χ4v) is 3.17. The molecule has 3 heteroatoms. The highest BCUT2D eigenvalue weighted by atomic mass is 15.1. The molecular weight excluding hydrogens is 258 g/mol. The van der Waals surface area contributed by atoms with Crippen molar-refractivity contribution >= 4 is 16.6 Å². The second-order valence-electron chi connectivity index (χ2n) is 6.65. The lowest BCUT2D eigenvalue weighted by atomic mass is 10.1. The molecule has 0 atom stereocenters. The predicted molar refractivity (Wildman–Crippen MR) is 87.3 cm³/mol. The van der Waals surface area contributed by atoms with Crippen LogP contribution in [0.2, 0.25) is 0 Å². The molecule has 0 spiro atoms. The van der Waals surface area contributed by atoms with Crippen LogP contribution >= 0.6 is 0 Å². The number of rotatable bonds is 6. The van der Waals surface area contributed by atoms with Crippen molar-refractivity contribution in [2.24, 2.45) is 17.6 Å². The maximum atomic E-state index is 6.01. The van der Waals surface area contributed by atoms with E-state index in [1.807, 2.05) is 6.20 Å². The lowest BCUT2D eigenvalue weighted by molar-refractivity contribution is 0.678. The Bertz CT molecular complexity index is 630. The number of nitrogens with zero attached hydrogens (tertiary/aromatic N) is 2. The van der Waals surface area contributed by atoms with Gasteiger partial charge in [0.2, 0.25) is 0 Å². The highest BCUT2D eigenvalue weighted by Crippen LogP contribution is 2.38. The summed E-state index contributed by atoms with van der Waals surface area (Å²) in [6, 6.07) is 8.47. The summed E-state index contributed by atoms with van der Waals surface area (Å²) < 4.78 is 0. The van der Waals surface area contributed by atoms with E-state index in [1.54, 1.807) is 0 Å². The number of nitrogens with two attached hydrogens (primary N) is 1. The predicted octanol–water partition coefficient (Wildman–Crippen LogP) is 3.32. The second-order valence-corrected chi connectivity index (χ2v) is 6.65. The average molecular weight is 281 g/mol. The van der Waals surface area contributed by atoms with Crippen molar-refractivity contribution in [1.82, 2.24) is 4.98 Å². The first kappa shape index (κ1) is 13.1. The number of anilines is 1. The molecule has 0 bridgehead atoms. The van der Waals surface area contributed by atoms with Gasteiger partial charge in [-0.05, 0) is 43.6 Å². The Morgan fingerprint density at radius 1 is 1.05 bits per heavy atom. The van der Waals surface area contributed by atoms with Crippen LogP contribution in [0.4, 0.5) is 5.69 Å². The Morgan fingerprint density at radius 3 is 2.33 bits per heavy atom. The summed E-state index contributed by atoms with van der Waals surface area (Å²) in [5, 5.41) is 1.27. The minimum atomic E-state index is 0.568. The average Bonchev–Trinajstić information content (AvgIpc) is 3.41. The van der Waals surface area contributed by atoms with Crippen molar-refractivity contribution in [3.8, 4) is 0 Å². The summed E-state index contributed by atoms with van der Waals surface area (Å²) in [5.41, 5.74) is 9.63. The molecule has 2 fully saturated rings. The van der Waals surface area contributed by atoms with Crippen LogP contribution in [0.15, 0.2) is 30.5 Å². The number of pyridine rings is 1. The van der Waals surface area contributed by atoms with E-state index in [0.29, 0.717) is 6.54 Å². The van der Waals surface area contributed by atoms with Crippen molar-refractivity contribution in [1.29, 1.82) is 0 Å². The van der Waals surface area contributed by atoms with Crippen LogP contribution in [-0.4, -0.2) is 18.1 Å². The van der Waals surface area contributed by atoms with Gasteiger partial charge in [-0.1, -0.05) is 18.2 Å². The van der Waals surface area contributed by atoms with Gasteiger partial charge in [-0.25, -0.2) is 0 Å². The number of hydrogen-bond acceptors (Lipinski definition) is 3. The number of hydrogen-bond donors (Lipinski definition) is 1. The lowest BCUT2D eigenvalue weighted by Gasteiger charge is -2.28. The van der Waals surface area contributed by atoms with E-state index >= 15 is 0 Å². The molecule has 1 aromatic heterocycles. The molecule has 2 aromatic rings. The molecule has 2 aliphatic carbocycles. The monoisotopic (exact) mass is 281 g/mol. The maximum Gasteiger partial charge on any atom is 0.0723 e. The van der Waals surface area contributed by atoms with Gasteiger partial charge in [0.25, 0.3) is 0 Å². The Morgan fingerprint density at radius 2 is 1.71 bits per heavy atom. The third-order valence-electron chi connectivity index (χ3n) is 4.71. The van der Waals surface area contributed by atoms with Crippen molar-refractivity contribution in [3.63, 3.8) is 0 Å². The lowest BCUT2D eigenvalue weighted by Crippen LogP contribution is -2.29. The number of fused-ring (bicyclic) bond motifs is 1. The van der Waals surface area contributed by atoms with Gasteiger partial charge in [0, 0.05) is 36.8 Å². The first-order valence-electron chi connectivity index (χ1n) is 8.17. The smallest absolute Gasteiger partial charge is 0.0723 e. The standard InChI is InChI=1S/C18H23N3/c19-9-15-10-20-17-4-2-1-3-16(17)18(15)21(11-13-5-6-13)12-14-7-8-14/h1-4,10,13-14H,5-9,11-12,19H2. The van der Waals surface area contributed by atoms with Crippen molar-refractivity contribution in [3.05, 3.63) is 36.0 Å². The molecule has 1 heterocycles. The SMILES string of the molecule is NCc1cnc2ccccc2c1N(CC1CC1)CC1CC1. The fourth-order valence-electron chi connectivity index (χ4n) is 3.17. The Labute approximate surface area is 126 Å². The van der Waals surface area contributed by atoms with Crippen molar-refractivity contribution < 1.29 is 0 Å². The molecule has 0 amide bonds. The first-order chi connectivity index (χ1) is 10.3. The Hall–Kier alpha value is -1.61. The molecule has 21 heavy (non-hydrogen) atoms. The van der Waals surface area contributed by atoms with E-state index in [4.69, 9.17) is 5.73 Å². The molecule has 4 rings (SSSR count). The van der Waals surface area contributed by atoms with Gasteiger partial charge in [0.1, 0.15) is 0 Å². The van der Waals surface area contributed by atoms with Crippen molar-refractivity contribution in [2.75, 3.05) is 18.0 Å². The van der Waals surface area contributed by atoms with Gasteiger partial charge in [0.15, 0.2) is 0 Å². The molecule has 0 saturated heterocycles. The van der Waals surface area contributed by atoms with Crippen LogP contribution in [0, 0.1) is 11.8 Å². The van der Waals surface area contributed by atoms with Gasteiger partial charge < -0.3 is 10.6 Å². The highest BCUT2D eigenvalue weighted by molar-refractivity contribution is 5.93. The van der Waals surface area contributed by atoms with Crippen LogP contribution in [0.1, 0.15) is 31.2 Å². The second kappa shape index (κ2) is 5.30. The molecule has 3 nitrogen and oxygen atoms in total. The molecule has 0 radical (unpaired) electrons. The quantitative estimate of drug-likeness (QED) is 0.883. The van der Waals surface area contributed by atoms with E-state index in [9.17, 15) is 0 Å². The molecule has 110 valence electrons. The number of aromatic nitrogens is 1. The topological polar surface area (TPSA) is 42.1 Å². The molecule has 2 N–H and O–H groups in total. The largest absolute Gasteiger partial charge is 0.370 e. The number of para-hydroxylation sites is 1. The normalized spacial score (nSPS) is 18.1. The minimum absolute atomic E-state index is 0.568. The summed E-state index contributed by atoms with van der Waals surface area (Å²) >= 11 is 0. The summed E-state index contributed by atoms with van der Waals surface area (Å²) in [4.78, 5) is 7.19. The van der Waals surface area contributed by atoms with Gasteiger partial charge in [0.05, 0.1) is 11.2 Å². The fraction of sp³-hybridized carbons (Fsp3) is 0.500. The highest BCUT2D eigenvalue weighted by Gasteiger charge is 2.30. The van der Waals surface area contributed by atoms with Crippen molar-refractivity contribution in [2.45, 2.75) is 32.2 Å². The Balaban J connectivity index is 1.79. The van der Waals surface area contributed by atoms with E-state index in [0.717, 1.165) is 17.4 Å². The zero-order valence-electron chi connectivity index (χ0n) is 12.5. The van der Waals surface area contributed by atoms with Crippen LogP contribution in [0.25, 0.3) is 10.9 Å². The number of benzene rings is 1. The van der Waals surface area contributed by atoms with Crippen LogP contribution in [-0.2, 0) is 6.54 Å². The summed E-state index contributed by atoms with van der Waals surface area (Å²) in [6.07, 6.45) is 7.54. The summed E-state index contributed by atoms with van der Waals surface area (Å²) in [6.45, 7) is 2.95. The molecule has 0 aliphatic heterocycles. The van der Waals surface area contributed by atoms with E-state index in [2.05, 4.69) is 34.1 Å². The Kier molecular flexibility index (Phi) is 3.30. The van der Waals surface area contributed by atoms with E-state index < -0.39 is 0 Å². The van der Waals surface area contributed by atoms with Gasteiger partial charge >= 0.3 is 0 Å².